The first kappa shape index (κ1) is 32.9. The molecular formula is C51H36N6. The minimum absolute atomic E-state index is 0.520. The fraction of sp³-hybridized carbons (Fsp3) is 0.0588. The largest absolute Gasteiger partial charge is 0.309 e. The normalized spacial score (nSPS) is 14.2. The van der Waals surface area contributed by atoms with E-state index in [1.807, 2.05) is 42.5 Å². The van der Waals surface area contributed by atoms with Crippen LogP contribution in [0.15, 0.2) is 182 Å². The summed E-state index contributed by atoms with van der Waals surface area (Å²) >= 11 is 0. The third-order valence-corrected chi connectivity index (χ3v) is 11.1. The van der Waals surface area contributed by atoms with E-state index in [-0.39, 0.29) is 0 Å². The van der Waals surface area contributed by atoms with E-state index in [4.69, 9.17) is 19.9 Å². The molecule has 11 rings (SSSR count). The minimum atomic E-state index is 0.520. The molecule has 0 fully saturated rings. The summed E-state index contributed by atoms with van der Waals surface area (Å²) in [4.78, 5) is 20.5. The van der Waals surface area contributed by atoms with Gasteiger partial charge >= 0.3 is 0 Å². The molecule has 0 saturated carbocycles. The molecule has 1 unspecified atom stereocenters. The summed E-state index contributed by atoms with van der Waals surface area (Å²) in [5.74, 6) is 3.05. The topological polar surface area (TPSA) is 61.4 Å². The van der Waals surface area contributed by atoms with Crippen molar-refractivity contribution in [2.75, 3.05) is 0 Å². The molecule has 1 atom stereocenters. The predicted molar refractivity (Wildman–Crippen MR) is 234 cm³/mol. The van der Waals surface area contributed by atoms with Crippen LogP contribution in [0.1, 0.15) is 18.9 Å². The second-order valence-electron chi connectivity index (χ2n) is 14.8. The van der Waals surface area contributed by atoms with Gasteiger partial charge in [0.15, 0.2) is 17.5 Å². The molecule has 0 radical (unpaired) electrons. The zero-order chi connectivity index (χ0) is 37.9. The summed E-state index contributed by atoms with van der Waals surface area (Å²) in [6, 6.07) is 57.3. The Balaban J connectivity index is 1.09. The molecule has 1 aliphatic carbocycles. The Morgan fingerprint density at radius 1 is 0.456 bits per heavy atom. The first-order chi connectivity index (χ1) is 28.2. The van der Waals surface area contributed by atoms with Gasteiger partial charge in [0.2, 0.25) is 0 Å². The zero-order valence-corrected chi connectivity index (χ0v) is 31.3. The van der Waals surface area contributed by atoms with Crippen LogP contribution in [0.25, 0.3) is 95.0 Å². The lowest BCUT2D eigenvalue weighted by molar-refractivity contribution is 0.749. The Hall–Kier alpha value is -7.44. The van der Waals surface area contributed by atoms with E-state index < -0.39 is 0 Å². The number of fused-ring (bicyclic) bond motifs is 6. The van der Waals surface area contributed by atoms with Crippen molar-refractivity contribution in [2.45, 2.75) is 13.3 Å². The molecule has 1 aliphatic rings. The Morgan fingerprint density at radius 2 is 1.04 bits per heavy atom. The lowest BCUT2D eigenvalue weighted by Gasteiger charge is -2.15. The lowest BCUT2D eigenvalue weighted by Crippen LogP contribution is -2.03. The zero-order valence-electron chi connectivity index (χ0n) is 31.3. The van der Waals surface area contributed by atoms with Crippen LogP contribution in [-0.2, 0) is 0 Å². The van der Waals surface area contributed by atoms with Crippen LogP contribution < -0.4 is 0 Å². The van der Waals surface area contributed by atoms with E-state index in [2.05, 4.69) is 156 Å². The highest BCUT2D eigenvalue weighted by atomic mass is 15.1. The van der Waals surface area contributed by atoms with E-state index in [0.717, 1.165) is 45.6 Å². The summed E-state index contributed by atoms with van der Waals surface area (Å²) in [5, 5.41) is 4.79. The molecule has 0 N–H and O–H groups in total. The summed E-state index contributed by atoms with van der Waals surface area (Å²) in [6.45, 7) is 2.25. The Bertz CT molecular complexity index is 3210. The number of hydrogen-bond donors (Lipinski definition) is 0. The maximum atomic E-state index is 5.33. The molecule has 10 aromatic rings. The third kappa shape index (κ3) is 5.64. The van der Waals surface area contributed by atoms with Crippen LogP contribution in [0.5, 0.6) is 0 Å². The van der Waals surface area contributed by atoms with Gasteiger partial charge in [-0.1, -0.05) is 140 Å². The molecule has 0 amide bonds. The SMILES string of the molecule is CC1C=CC=C(c2ccc(-c3nc(-c4ccccc4)nc(-c4cccc(-n5c6ccccc6c6cc7c8ccccc8n(-c8ccccc8)c7cc65)n4)n3)cc2)C1. The van der Waals surface area contributed by atoms with Gasteiger partial charge in [-0.25, -0.2) is 19.9 Å². The highest BCUT2D eigenvalue weighted by Crippen LogP contribution is 2.39. The molecule has 0 aliphatic heterocycles. The number of allylic oxidation sites excluding steroid dienone is 4. The summed E-state index contributed by atoms with van der Waals surface area (Å²) < 4.78 is 4.64. The maximum Gasteiger partial charge on any atom is 0.182 e. The van der Waals surface area contributed by atoms with Crippen molar-refractivity contribution in [1.29, 1.82) is 0 Å². The Labute approximate surface area is 329 Å². The standard InChI is InChI=1S/C51H36N6/c1-33-14-12-17-37(30-33)34-26-28-36(29-27-34)50-53-49(35-15-4-2-5-16-35)54-51(55-50)43-22-13-25-48(52-43)57-45-24-11-9-21-40(45)42-31-41-39-20-8-10-23-44(39)56(46(41)32-47(42)57)38-18-6-3-7-19-38/h2-29,31-33H,30H2,1H3. The Kier molecular flexibility index (Phi) is 7.74. The van der Waals surface area contributed by atoms with E-state index in [1.54, 1.807) is 0 Å². The van der Waals surface area contributed by atoms with Crippen LogP contribution in [0.2, 0.25) is 0 Å². The fourth-order valence-corrected chi connectivity index (χ4v) is 8.43. The van der Waals surface area contributed by atoms with Gasteiger partial charge in [0.25, 0.3) is 0 Å². The summed E-state index contributed by atoms with van der Waals surface area (Å²) in [5.41, 5.74) is 10.7. The van der Waals surface area contributed by atoms with Gasteiger partial charge in [0.1, 0.15) is 11.5 Å². The van der Waals surface area contributed by atoms with E-state index in [0.29, 0.717) is 29.1 Å². The van der Waals surface area contributed by atoms with E-state index in [9.17, 15) is 0 Å². The summed E-state index contributed by atoms with van der Waals surface area (Å²) in [7, 11) is 0. The maximum absolute atomic E-state index is 5.33. The number of pyridine rings is 1. The lowest BCUT2D eigenvalue weighted by atomic mass is 9.91. The van der Waals surface area contributed by atoms with Crippen LogP contribution in [-0.4, -0.2) is 29.1 Å². The average Bonchev–Trinajstić information content (AvgIpc) is 3.78. The quantitative estimate of drug-likeness (QED) is 0.171. The van der Waals surface area contributed by atoms with Crippen molar-refractivity contribution in [2.24, 2.45) is 5.92 Å². The van der Waals surface area contributed by atoms with Crippen LogP contribution in [0.4, 0.5) is 0 Å². The first-order valence-electron chi connectivity index (χ1n) is 19.5. The molecule has 0 saturated heterocycles. The number of hydrogen-bond acceptors (Lipinski definition) is 4. The number of benzene rings is 6. The fourth-order valence-electron chi connectivity index (χ4n) is 8.43. The molecule has 6 nitrogen and oxygen atoms in total. The van der Waals surface area contributed by atoms with Crippen molar-refractivity contribution in [3.8, 4) is 45.8 Å². The highest BCUT2D eigenvalue weighted by molar-refractivity contribution is 6.19. The van der Waals surface area contributed by atoms with Gasteiger partial charge in [-0.05, 0) is 72.0 Å². The second-order valence-corrected chi connectivity index (χ2v) is 14.8. The molecular weight excluding hydrogens is 697 g/mol. The smallest absolute Gasteiger partial charge is 0.182 e. The molecule has 270 valence electrons. The molecule has 6 aromatic carbocycles. The highest BCUT2D eigenvalue weighted by Gasteiger charge is 2.20. The third-order valence-electron chi connectivity index (χ3n) is 11.1. The Morgan fingerprint density at radius 3 is 1.74 bits per heavy atom. The number of rotatable bonds is 6. The van der Waals surface area contributed by atoms with Crippen molar-refractivity contribution >= 4 is 49.2 Å². The predicted octanol–water partition coefficient (Wildman–Crippen LogP) is 12.4. The minimum Gasteiger partial charge on any atom is -0.309 e. The molecule has 0 bridgehead atoms. The van der Waals surface area contributed by atoms with E-state index in [1.165, 1.54) is 38.2 Å². The first-order valence-corrected chi connectivity index (χ1v) is 19.5. The summed E-state index contributed by atoms with van der Waals surface area (Å²) in [6.07, 6.45) is 7.65. The van der Waals surface area contributed by atoms with Gasteiger partial charge in [-0.2, -0.15) is 0 Å². The molecule has 4 aromatic heterocycles. The second kappa shape index (κ2) is 13.4. The number of aromatic nitrogens is 6. The van der Waals surface area contributed by atoms with Gasteiger partial charge in [-0.15, -0.1) is 0 Å². The van der Waals surface area contributed by atoms with Gasteiger partial charge in [-0.3, -0.25) is 4.57 Å². The number of nitrogens with zero attached hydrogens (tertiary/aromatic N) is 6. The van der Waals surface area contributed by atoms with Crippen molar-refractivity contribution in [3.05, 3.63) is 188 Å². The molecule has 57 heavy (non-hydrogen) atoms. The number of para-hydroxylation sites is 3. The van der Waals surface area contributed by atoms with E-state index >= 15 is 0 Å². The molecule has 6 heteroatoms. The monoisotopic (exact) mass is 732 g/mol. The van der Waals surface area contributed by atoms with Crippen LogP contribution in [0.3, 0.4) is 0 Å². The molecule has 4 heterocycles. The van der Waals surface area contributed by atoms with Crippen LogP contribution in [0, 0.1) is 5.92 Å². The van der Waals surface area contributed by atoms with Crippen LogP contribution >= 0.6 is 0 Å². The van der Waals surface area contributed by atoms with Gasteiger partial charge in [0.05, 0.1) is 22.1 Å². The van der Waals surface area contributed by atoms with Crippen molar-refractivity contribution in [3.63, 3.8) is 0 Å². The van der Waals surface area contributed by atoms with Gasteiger partial charge < -0.3 is 4.57 Å². The van der Waals surface area contributed by atoms with Gasteiger partial charge in [0, 0.05) is 38.4 Å². The molecule has 0 spiro atoms. The average molecular weight is 733 g/mol. The van der Waals surface area contributed by atoms with Crippen molar-refractivity contribution in [1.82, 2.24) is 29.1 Å². The van der Waals surface area contributed by atoms with Crippen molar-refractivity contribution < 1.29 is 0 Å².